The molecule has 2 aromatic carbocycles. The Morgan fingerprint density at radius 3 is 1.93 bits per heavy atom. The van der Waals surface area contributed by atoms with Crippen LogP contribution in [0.4, 0.5) is 13.2 Å². The predicted molar refractivity (Wildman–Crippen MR) is 112 cm³/mol. The van der Waals surface area contributed by atoms with Crippen LogP contribution >= 0.6 is 0 Å². The third-order valence-electron chi connectivity index (χ3n) is 5.68. The van der Waals surface area contributed by atoms with Crippen LogP contribution in [-0.4, -0.2) is 13.2 Å². The highest BCUT2D eigenvalue weighted by Gasteiger charge is 2.23. The van der Waals surface area contributed by atoms with Gasteiger partial charge in [-0.3, -0.25) is 0 Å². The lowest BCUT2D eigenvalue weighted by molar-refractivity contribution is -0.206. The normalized spacial score (nSPS) is 19.2. The maximum Gasteiger partial charge on any atom is 0.194 e. The summed E-state index contributed by atoms with van der Waals surface area (Å²) in [6.45, 7) is 3.59. The van der Waals surface area contributed by atoms with Crippen LogP contribution in [0.15, 0.2) is 36.4 Å². The van der Waals surface area contributed by atoms with E-state index in [0.717, 1.165) is 24.1 Å². The fourth-order valence-corrected chi connectivity index (χ4v) is 3.85. The molecule has 0 bridgehead atoms. The van der Waals surface area contributed by atoms with E-state index in [1.54, 1.807) is 12.1 Å². The molecule has 1 fully saturated rings. The van der Waals surface area contributed by atoms with E-state index in [4.69, 9.17) is 9.47 Å². The number of rotatable bonds is 10. The van der Waals surface area contributed by atoms with Crippen molar-refractivity contribution in [3.05, 3.63) is 59.4 Å². The lowest BCUT2D eigenvalue weighted by Crippen LogP contribution is -2.27. The minimum absolute atomic E-state index is 0.290. The van der Waals surface area contributed by atoms with Gasteiger partial charge in [-0.05, 0) is 29.7 Å². The van der Waals surface area contributed by atoms with E-state index in [1.165, 1.54) is 44.9 Å². The maximum atomic E-state index is 13.5. The molecule has 0 atom stereocenters. The molecule has 0 N–H and O–H groups in total. The van der Waals surface area contributed by atoms with Crippen molar-refractivity contribution in [2.75, 3.05) is 13.2 Å². The smallest absolute Gasteiger partial charge is 0.194 e. The van der Waals surface area contributed by atoms with Gasteiger partial charge in [0.15, 0.2) is 23.7 Å². The Labute approximate surface area is 177 Å². The summed E-state index contributed by atoms with van der Waals surface area (Å²) in [7, 11) is 0. The van der Waals surface area contributed by atoms with Crippen molar-refractivity contribution in [2.24, 2.45) is 5.92 Å². The standard InChI is InChI=1S/C25H31F3O2/c1-2-3-4-5-6-7-8-9-18-16-29-25(30-17-18)20-12-10-19(11-13-20)21-14-22(26)24(28)23(27)15-21/h10-15,18,25H,2-9,16-17H2,1H3. The fourth-order valence-electron chi connectivity index (χ4n) is 3.85. The van der Waals surface area contributed by atoms with E-state index in [2.05, 4.69) is 6.92 Å². The molecule has 1 aliphatic rings. The van der Waals surface area contributed by atoms with Crippen LogP contribution in [0.2, 0.25) is 0 Å². The summed E-state index contributed by atoms with van der Waals surface area (Å²) in [5, 5.41) is 0. The molecule has 3 rings (SSSR count). The number of benzene rings is 2. The Balaban J connectivity index is 1.44. The molecular formula is C25H31F3O2. The molecule has 164 valence electrons. The minimum Gasteiger partial charge on any atom is -0.348 e. The zero-order chi connectivity index (χ0) is 21.3. The van der Waals surface area contributed by atoms with E-state index in [9.17, 15) is 13.2 Å². The summed E-state index contributed by atoms with van der Waals surface area (Å²) in [4.78, 5) is 0. The molecule has 1 saturated heterocycles. The van der Waals surface area contributed by atoms with E-state index < -0.39 is 23.7 Å². The second-order valence-corrected chi connectivity index (χ2v) is 8.15. The summed E-state index contributed by atoms with van der Waals surface area (Å²) in [5.41, 5.74) is 1.75. The van der Waals surface area contributed by atoms with E-state index in [-0.39, 0.29) is 5.56 Å². The largest absolute Gasteiger partial charge is 0.348 e. The van der Waals surface area contributed by atoms with Crippen molar-refractivity contribution in [3.63, 3.8) is 0 Å². The SMILES string of the molecule is CCCCCCCCCC1COC(c2ccc(-c3cc(F)c(F)c(F)c3)cc2)OC1. The van der Waals surface area contributed by atoms with Gasteiger partial charge >= 0.3 is 0 Å². The molecule has 5 heteroatoms. The first-order valence-corrected chi connectivity index (χ1v) is 11.1. The van der Waals surface area contributed by atoms with Crippen LogP contribution in [0, 0.1) is 23.4 Å². The van der Waals surface area contributed by atoms with Crippen molar-refractivity contribution in [1.82, 2.24) is 0 Å². The Bertz CT molecular complexity index is 760. The van der Waals surface area contributed by atoms with Gasteiger partial charge in [-0.1, -0.05) is 76.1 Å². The summed E-state index contributed by atoms with van der Waals surface area (Å²) in [6, 6.07) is 9.09. The third-order valence-corrected chi connectivity index (χ3v) is 5.68. The monoisotopic (exact) mass is 420 g/mol. The number of unbranched alkanes of at least 4 members (excludes halogenated alkanes) is 6. The molecular weight excluding hydrogens is 389 g/mol. The average Bonchev–Trinajstić information content (AvgIpc) is 2.77. The van der Waals surface area contributed by atoms with Gasteiger partial charge < -0.3 is 9.47 Å². The summed E-state index contributed by atoms with van der Waals surface area (Å²) >= 11 is 0. The van der Waals surface area contributed by atoms with Gasteiger partial charge in [-0.2, -0.15) is 0 Å². The van der Waals surface area contributed by atoms with Gasteiger partial charge in [0.2, 0.25) is 0 Å². The van der Waals surface area contributed by atoms with Crippen LogP contribution in [0.25, 0.3) is 11.1 Å². The van der Waals surface area contributed by atoms with Crippen LogP contribution in [0.5, 0.6) is 0 Å². The van der Waals surface area contributed by atoms with Crippen molar-refractivity contribution in [2.45, 2.75) is 64.6 Å². The molecule has 0 unspecified atom stereocenters. The van der Waals surface area contributed by atoms with Crippen LogP contribution in [0.1, 0.15) is 70.1 Å². The Hall–Kier alpha value is -1.85. The molecule has 0 amide bonds. The molecule has 30 heavy (non-hydrogen) atoms. The average molecular weight is 421 g/mol. The molecule has 1 aliphatic heterocycles. The number of ether oxygens (including phenoxy) is 2. The molecule has 0 aromatic heterocycles. The van der Waals surface area contributed by atoms with Crippen LogP contribution < -0.4 is 0 Å². The van der Waals surface area contributed by atoms with Gasteiger partial charge in [0.05, 0.1) is 13.2 Å². The van der Waals surface area contributed by atoms with E-state index in [1.807, 2.05) is 12.1 Å². The van der Waals surface area contributed by atoms with Crippen molar-refractivity contribution >= 4 is 0 Å². The number of halogens is 3. The molecule has 2 nitrogen and oxygen atoms in total. The lowest BCUT2D eigenvalue weighted by Gasteiger charge is -2.29. The van der Waals surface area contributed by atoms with Crippen molar-refractivity contribution in [1.29, 1.82) is 0 Å². The van der Waals surface area contributed by atoms with Crippen molar-refractivity contribution < 1.29 is 22.6 Å². The second-order valence-electron chi connectivity index (χ2n) is 8.15. The van der Waals surface area contributed by atoms with E-state index >= 15 is 0 Å². The minimum atomic E-state index is -1.45. The van der Waals surface area contributed by atoms with Gasteiger partial charge in [0, 0.05) is 11.5 Å². The van der Waals surface area contributed by atoms with Crippen molar-refractivity contribution in [3.8, 4) is 11.1 Å². The summed E-state index contributed by atoms with van der Waals surface area (Å²) < 4.78 is 51.8. The first-order valence-electron chi connectivity index (χ1n) is 11.1. The Morgan fingerprint density at radius 2 is 1.33 bits per heavy atom. The fraction of sp³-hybridized carbons (Fsp3) is 0.520. The quantitative estimate of drug-likeness (QED) is 0.291. The Morgan fingerprint density at radius 1 is 0.767 bits per heavy atom. The van der Waals surface area contributed by atoms with Gasteiger partial charge in [-0.15, -0.1) is 0 Å². The molecule has 0 aliphatic carbocycles. The number of hydrogen-bond acceptors (Lipinski definition) is 2. The van der Waals surface area contributed by atoms with Gasteiger partial charge in [0.25, 0.3) is 0 Å². The summed E-state index contributed by atoms with van der Waals surface area (Å²) in [5.74, 6) is -3.41. The molecule has 0 radical (unpaired) electrons. The zero-order valence-corrected chi connectivity index (χ0v) is 17.6. The molecule has 2 aromatic rings. The second kappa shape index (κ2) is 11.5. The number of hydrogen-bond donors (Lipinski definition) is 0. The van der Waals surface area contributed by atoms with Gasteiger partial charge in [-0.25, -0.2) is 13.2 Å². The van der Waals surface area contributed by atoms with E-state index in [0.29, 0.717) is 24.7 Å². The predicted octanol–water partition coefficient (Wildman–Crippen LogP) is 7.57. The zero-order valence-electron chi connectivity index (χ0n) is 17.6. The lowest BCUT2D eigenvalue weighted by atomic mass is 10.00. The molecule has 0 saturated carbocycles. The molecule has 0 spiro atoms. The first kappa shape index (κ1) is 22.8. The first-order chi connectivity index (χ1) is 14.6. The Kier molecular flexibility index (Phi) is 8.76. The van der Waals surface area contributed by atoms with Crippen LogP contribution in [-0.2, 0) is 9.47 Å². The maximum absolute atomic E-state index is 13.5. The third kappa shape index (κ3) is 6.32. The highest BCUT2D eigenvalue weighted by Crippen LogP contribution is 2.30. The van der Waals surface area contributed by atoms with Gasteiger partial charge in [0.1, 0.15) is 0 Å². The van der Waals surface area contributed by atoms with Crippen LogP contribution in [0.3, 0.4) is 0 Å². The highest BCUT2D eigenvalue weighted by molar-refractivity contribution is 5.64. The topological polar surface area (TPSA) is 18.5 Å². The molecule has 1 heterocycles. The highest BCUT2D eigenvalue weighted by atomic mass is 19.2. The summed E-state index contributed by atoms with van der Waals surface area (Å²) in [6.07, 6.45) is 9.80.